The van der Waals surface area contributed by atoms with Gasteiger partial charge in [-0.2, -0.15) is 0 Å². The molecule has 4 nitrogen and oxygen atoms in total. The largest absolute Gasteiger partial charge is 0.380 e. The molecule has 0 spiro atoms. The van der Waals surface area contributed by atoms with Gasteiger partial charge < -0.3 is 15.4 Å². The van der Waals surface area contributed by atoms with Crippen LogP contribution in [-0.2, 0) is 17.9 Å². The zero-order valence-electron chi connectivity index (χ0n) is 15.2. The summed E-state index contributed by atoms with van der Waals surface area (Å²) in [6, 6.07) is 18.8. The Morgan fingerprint density at radius 1 is 1.08 bits per heavy atom. The van der Waals surface area contributed by atoms with Gasteiger partial charge in [0, 0.05) is 37.4 Å². The molecule has 2 N–H and O–H groups in total. The first kappa shape index (κ1) is 19.3. The van der Waals surface area contributed by atoms with Gasteiger partial charge in [-0.25, -0.2) is 0 Å². The van der Waals surface area contributed by atoms with Crippen LogP contribution in [0.5, 0.6) is 0 Å². The number of ether oxygens (including phenoxy) is 1. The molecule has 0 aromatic heterocycles. The normalized spacial score (nSPS) is 12.7. The molecule has 25 heavy (non-hydrogen) atoms. The molecule has 2 rings (SSSR count). The van der Waals surface area contributed by atoms with Crippen molar-refractivity contribution >= 4 is 17.7 Å². The van der Waals surface area contributed by atoms with Crippen molar-refractivity contribution in [1.82, 2.24) is 10.6 Å². The third kappa shape index (κ3) is 7.20. The van der Waals surface area contributed by atoms with Crippen LogP contribution in [-0.4, -0.2) is 31.9 Å². The molecule has 0 aliphatic rings. The Labute approximate surface area is 155 Å². The van der Waals surface area contributed by atoms with Gasteiger partial charge in [0.25, 0.3) is 0 Å². The Hall–Kier alpha value is -1.98. The second-order valence-corrected chi connectivity index (χ2v) is 7.31. The quantitative estimate of drug-likeness (QED) is 0.430. The molecule has 2 aromatic carbocycles. The van der Waals surface area contributed by atoms with E-state index >= 15 is 0 Å². The van der Waals surface area contributed by atoms with Crippen LogP contribution in [0.2, 0.25) is 0 Å². The number of benzene rings is 2. The van der Waals surface area contributed by atoms with E-state index < -0.39 is 0 Å². The van der Waals surface area contributed by atoms with E-state index in [9.17, 15) is 0 Å². The molecular formula is C20H27N3OS. The van der Waals surface area contributed by atoms with Crippen LogP contribution in [0.1, 0.15) is 18.1 Å². The van der Waals surface area contributed by atoms with E-state index in [1.165, 1.54) is 16.0 Å². The Balaban J connectivity index is 1.77. The summed E-state index contributed by atoms with van der Waals surface area (Å²) >= 11 is 1.86. The lowest BCUT2D eigenvalue weighted by Crippen LogP contribution is -2.39. The molecule has 0 saturated heterocycles. The zero-order chi connectivity index (χ0) is 17.9. The lowest BCUT2D eigenvalue weighted by atomic mass is 10.1. The van der Waals surface area contributed by atoms with Crippen LogP contribution in [0.15, 0.2) is 64.5 Å². The van der Waals surface area contributed by atoms with Gasteiger partial charge in [0.15, 0.2) is 5.96 Å². The molecule has 0 bridgehead atoms. The zero-order valence-corrected chi connectivity index (χ0v) is 16.0. The van der Waals surface area contributed by atoms with Gasteiger partial charge in [-0.1, -0.05) is 49.4 Å². The maximum Gasteiger partial charge on any atom is 0.191 e. The van der Waals surface area contributed by atoms with Crippen molar-refractivity contribution in [3.8, 4) is 0 Å². The summed E-state index contributed by atoms with van der Waals surface area (Å²) < 4.78 is 5.18. The minimum absolute atomic E-state index is 0.450. The fourth-order valence-electron chi connectivity index (χ4n) is 2.42. The SMILES string of the molecule is CN=C(NCc1cccc(COC)c1)NCC(C)Sc1ccccc1. The van der Waals surface area contributed by atoms with Crippen LogP contribution in [0.3, 0.4) is 0 Å². The van der Waals surface area contributed by atoms with Gasteiger partial charge in [0.1, 0.15) is 0 Å². The van der Waals surface area contributed by atoms with E-state index in [2.05, 4.69) is 71.1 Å². The predicted molar refractivity (Wildman–Crippen MR) is 107 cm³/mol. The average molecular weight is 358 g/mol. The third-order valence-electron chi connectivity index (χ3n) is 3.62. The summed E-state index contributed by atoms with van der Waals surface area (Å²) in [6.07, 6.45) is 0. The number of methoxy groups -OCH3 is 1. The molecule has 0 aliphatic heterocycles. The van der Waals surface area contributed by atoms with Gasteiger partial charge >= 0.3 is 0 Å². The number of hydrogen-bond acceptors (Lipinski definition) is 3. The minimum atomic E-state index is 0.450. The molecule has 0 saturated carbocycles. The second kappa shape index (κ2) is 10.8. The Morgan fingerprint density at radius 2 is 1.84 bits per heavy atom. The number of nitrogens with zero attached hydrogens (tertiary/aromatic N) is 1. The number of aliphatic imine (C=N–C) groups is 1. The van der Waals surface area contributed by atoms with Crippen molar-refractivity contribution in [1.29, 1.82) is 0 Å². The summed E-state index contributed by atoms with van der Waals surface area (Å²) in [6.45, 7) is 4.43. The maximum atomic E-state index is 5.18. The minimum Gasteiger partial charge on any atom is -0.380 e. The van der Waals surface area contributed by atoms with E-state index in [1.807, 2.05) is 17.8 Å². The average Bonchev–Trinajstić information content (AvgIpc) is 2.63. The first-order valence-electron chi connectivity index (χ1n) is 8.44. The third-order valence-corrected chi connectivity index (χ3v) is 4.74. The molecule has 0 amide bonds. The van der Waals surface area contributed by atoms with Gasteiger partial charge in [-0.05, 0) is 23.3 Å². The van der Waals surface area contributed by atoms with E-state index in [1.54, 1.807) is 14.2 Å². The lowest BCUT2D eigenvalue weighted by molar-refractivity contribution is 0.185. The summed E-state index contributed by atoms with van der Waals surface area (Å²) in [5.41, 5.74) is 2.39. The molecule has 0 radical (unpaired) electrons. The second-order valence-electron chi connectivity index (χ2n) is 5.80. The van der Waals surface area contributed by atoms with Crippen molar-refractivity contribution in [2.24, 2.45) is 4.99 Å². The maximum absolute atomic E-state index is 5.18. The van der Waals surface area contributed by atoms with E-state index in [0.29, 0.717) is 11.9 Å². The molecule has 0 fully saturated rings. The Kier molecular flexibility index (Phi) is 8.35. The van der Waals surface area contributed by atoms with Crippen LogP contribution >= 0.6 is 11.8 Å². The van der Waals surface area contributed by atoms with Crippen LogP contribution in [0.25, 0.3) is 0 Å². The summed E-state index contributed by atoms with van der Waals surface area (Å²) in [4.78, 5) is 5.59. The fourth-order valence-corrected chi connectivity index (χ4v) is 3.36. The topological polar surface area (TPSA) is 45.7 Å². The first-order valence-corrected chi connectivity index (χ1v) is 9.32. The van der Waals surface area contributed by atoms with Crippen molar-refractivity contribution in [3.63, 3.8) is 0 Å². The predicted octanol–water partition coefficient (Wildman–Crippen LogP) is 3.68. The highest BCUT2D eigenvalue weighted by atomic mass is 32.2. The smallest absolute Gasteiger partial charge is 0.191 e. The van der Waals surface area contributed by atoms with Gasteiger partial charge in [0.05, 0.1) is 6.61 Å². The Bertz CT molecular complexity index is 661. The van der Waals surface area contributed by atoms with Crippen molar-refractivity contribution in [3.05, 3.63) is 65.7 Å². The van der Waals surface area contributed by atoms with Gasteiger partial charge in [-0.15, -0.1) is 11.8 Å². The van der Waals surface area contributed by atoms with Crippen molar-refractivity contribution < 1.29 is 4.74 Å². The lowest BCUT2D eigenvalue weighted by Gasteiger charge is -2.16. The molecule has 0 heterocycles. The molecule has 134 valence electrons. The fraction of sp³-hybridized carbons (Fsp3) is 0.350. The number of nitrogens with one attached hydrogen (secondary N) is 2. The van der Waals surface area contributed by atoms with Crippen LogP contribution in [0.4, 0.5) is 0 Å². The molecule has 1 unspecified atom stereocenters. The van der Waals surface area contributed by atoms with E-state index in [4.69, 9.17) is 4.74 Å². The van der Waals surface area contributed by atoms with E-state index in [0.717, 1.165) is 19.0 Å². The number of guanidine groups is 1. The Morgan fingerprint density at radius 3 is 2.56 bits per heavy atom. The standard InChI is InChI=1S/C20H27N3OS/c1-16(25-19-10-5-4-6-11-19)13-22-20(21-2)23-14-17-8-7-9-18(12-17)15-24-3/h4-12,16H,13-15H2,1-3H3,(H2,21,22,23). The van der Waals surface area contributed by atoms with E-state index in [-0.39, 0.29) is 0 Å². The molecule has 2 aromatic rings. The first-order chi connectivity index (χ1) is 12.2. The highest BCUT2D eigenvalue weighted by molar-refractivity contribution is 8.00. The van der Waals surface area contributed by atoms with Crippen LogP contribution in [0, 0.1) is 0 Å². The van der Waals surface area contributed by atoms with Crippen molar-refractivity contribution in [2.75, 3.05) is 20.7 Å². The highest BCUT2D eigenvalue weighted by Crippen LogP contribution is 2.21. The number of thioether (sulfide) groups is 1. The summed E-state index contributed by atoms with van der Waals surface area (Å²) in [5, 5.41) is 7.21. The van der Waals surface area contributed by atoms with Crippen molar-refractivity contribution in [2.45, 2.75) is 30.2 Å². The molecule has 0 aliphatic carbocycles. The van der Waals surface area contributed by atoms with Gasteiger partial charge in [0.2, 0.25) is 0 Å². The summed E-state index contributed by atoms with van der Waals surface area (Å²) in [5.74, 6) is 0.817. The molecule has 5 heteroatoms. The van der Waals surface area contributed by atoms with Crippen LogP contribution < -0.4 is 10.6 Å². The molecule has 1 atom stereocenters. The number of hydrogen-bond donors (Lipinski definition) is 2. The number of rotatable bonds is 8. The summed E-state index contributed by atoms with van der Waals surface area (Å²) in [7, 11) is 3.51. The highest BCUT2D eigenvalue weighted by Gasteiger charge is 2.06. The monoisotopic (exact) mass is 357 g/mol. The molecular weight excluding hydrogens is 330 g/mol. The van der Waals surface area contributed by atoms with Gasteiger partial charge in [-0.3, -0.25) is 4.99 Å².